The van der Waals surface area contributed by atoms with Gasteiger partial charge in [-0.2, -0.15) is 0 Å². The minimum absolute atomic E-state index is 0.0249. The zero-order valence-electron chi connectivity index (χ0n) is 35.4. The van der Waals surface area contributed by atoms with Crippen molar-refractivity contribution in [3.8, 4) is 17.2 Å². The summed E-state index contributed by atoms with van der Waals surface area (Å²) in [6.45, 7) is 14.1. The Labute approximate surface area is 353 Å². The fourth-order valence-corrected chi connectivity index (χ4v) is 8.25. The van der Waals surface area contributed by atoms with E-state index in [4.69, 9.17) is 23.7 Å². The molecule has 7 heterocycles. The molecule has 0 N–H and O–H groups in total. The summed E-state index contributed by atoms with van der Waals surface area (Å²) in [5.41, 5.74) is 1.89. The fourth-order valence-electron chi connectivity index (χ4n) is 8.25. The van der Waals surface area contributed by atoms with E-state index in [1.54, 1.807) is 37.3 Å². The van der Waals surface area contributed by atoms with E-state index in [1.165, 1.54) is 6.07 Å². The molecule has 4 amide bonds. The van der Waals surface area contributed by atoms with Crippen LogP contribution in [-0.4, -0.2) is 75.7 Å². The van der Waals surface area contributed by atoms with E-state index >= 15 is 19.2 Å². The minimum Gasteiger partial charge on any atom is -0.610 e. The van der Waals surface area contributed by atoms with E-state index in [-0.39, 0.29) is 94.7 Å². The largest absolute Gasteiger partial charge is 0.610 e. The predicted octanol–water partition coefficient (Wildman–Crippen LogP) is 6.57. The number of hydrogen-bond acceptors (Lipinski definition) is 12. The maximum absolute atomic E-state index is 15.3. The Kier molecular flexibility index (Phi) is 10.4. The number of anilines is 3. The van der Waals surface area contributed by atoms with E-state index < -0.39 is 46.4 Å². The molecule has 4 aromatic carbocycles. The molecule has 0 aromatic heterocycles. The second kappa shape index (κ2) is 15.5. The van der Waals surface area contributed by atoms with Gasteiger partial charge in [0, 0.05) is 36.5 Å². The average Bonchev–Trinajstić information content (AvgIpc) is 3.74. The van der Waals surface area contributed by atoms with Gasteiger partial charge in [-0.25, -0.2) is 14.6 Å². The summed E-state index contributed by atoms with van der Waals surface area (Å²) in [4.78, 5) is 77.6. The lowest BCUT2D eigenvalue weighted by Gasteiger charge is -2.36. The molecule has 1 fully saturated rings. The molecule has 0 radical (unpaired) electrons. The molecule has 14 nitrogen and oxygen atoms in total. The normalized spacial score (nSPS) is 18.2. The average molecular weight is 831 g/mol. The molecule has 7 aliphatic rings. The number of nitrogens with zero attached hydrogens (tertiary/aromatic N) is 3. The highest BCUT2D eigenvalue weighted by atomic mass is 16.6. The number of hydrogen-bond donors (Lipinski definition) is 0. The topological polar surface area (TPSA) is 164 Å². The van der Waals surface area contributed by atoms with Crippen molar-refractivity contribution in [2.45, 2.75) is 72.1 Å². The number of fused-ring (bicyclic) bond motifs is 2. The van der Waals surface area contributed by atoms with Crippen molar-refractivity contribution in [2.75, 3.05) is 60.8 Å². The van der Waals surface area contributed by atoms with E-state index in [0.29, 0.717) is 24.9 Å². The van der Waals surface area contributed by atoms with E-state index in [1.807, 2.05) is 58.6 Å². The van der Waals surface area contributed by atoms with Crippen molar-refractivity contribution in [3.05, 3.63) is 93.9 Å². The second-order valence-electron chi connectivity index (χ2n) is 17.4. The molecule has 0 saturated carbocycles. The van der Waals surface area contributed by atoms with Gasteiger partial charge in [0.2, 0.25) is 0 Å². The van der Waals surface area contributed by atoms with Gasteiger partial charge < -0.3 is 33.7 Å². The van der Waals surface area contributed by atoms with Crippen molar-refractivity contribution < 1.29 is 52.8 Å². The summed E-state index contributed by atoms with van der Waals surface area (Å²) in [5.74, 6) is -4.36. The number of carbonyl (C=O) groups excluding carboxylic acids is 5. The lowest BCUT2D eigenvalue weighted by atomic mass is 9.83. The third-order valence-electron chi connectivity index (χ3n) is 11.3. The predicted molar refractivity (Wildman–Crippen MR) is 225 cm³/mol. The Morgan fingerprint density at radius 1 is 0.607 bits per heavy atom. The van der Waals surface area contributed by atoms with Gasteiger partial charge >= 0.3 is 5.97 Å². The first-order valence-corrected chi connectivity index (χ1v) is 20.6. The van der Waals surface area contributed by atoms with Crippen molar-refractivity contribution in [2.24, 2.45) is 0 Å². The molecule has 0 atom stereocenters. The van der Waals surface area contributed by atoms with E-state index in [9.17, 15) is 9.90 Å². The number of esters is 1. The Morgan fingerprint density at radius 3 is 1.64 bits per heavy atom. The van der Waals surface area contributed by atoms with Crippen LogP contribution >= 0.6 is 0 Å². The number of carbonyl (C=O) groups is 5. The van der Waals surface area contributed by atoms with Gasteiger partial charge in [0.05, 0.1) is 58.5 Å². The first kappa shape index (κ1) is 41.2. The molecule has 1 saturated heterocycles. The van der Waals surface area contributed by atoms with Crippen LogP contribution in [0.3, 0.4) is 0 Å². The van der Waals surface area contributed by atoms with Crippen molar-refractivity contribution in [1.82, 2.24) is 0 Å². The molecule has 61 heavy (non-hydrogen) atoms. The second-order valence-corrected chi connectivity index (χ2v) is 17.4. The summed E-state index contributed by atoms with van der Waals surface area (Å²) in [6, 6.07) is 13.6. The molecule has 0 spiro atoms. The van der Waals surface area contributed by atoms with Crippen LogP contribution in [0.5, 0.6) is 17.2 Å². The number of rotatable bonds is 3. The molecule has 318 valence electrons. The molecule has 0 aliphatic carbocycles. The van der Waals surface area contributed by atoms with E-state index in [2.05, 4.69) is 0 Å². The SMILES string of the molecule is CCOc1cc2c3c4c(N5CCCC5)cc5c3c1C(=O)N(C5=O)c1cc(C(C)(C)C)ccc1OCCO/C([O-])=C\C(=O)OCCOc1ccc(C(C)(C)C)cc1N(C2=O)C4=O. The minimum atomic E-state index is -0.968. The standard InChI is InChI=1S/C47H49N3O11/c1-8-57-35-24-29-38-39-28-23-32(48-15-9-10-16-48)40(38)44(55)49(43(29)54)30-21-26(46(2,3)4)11-13-33(30)58-17-19-60-36(51)25-37(52)61-20-18-59-34-14-12-27(47(5,6)7)22-31(34)50(42(28)53)45(56)41(35)39/h11-14,21-25,52H,8-10,15-20H2,1-7H3/p-1/b37-25-. The van der Waals surface area contributed by atoms with Crippen LogP contribution in [0.25, 0.3) is 10.8 Å². The van der Waals surface area contributed by atoms with E-state index in [0.717, 1.165) is 33.8 Å². The summed E-state index contributed by atoms with van der Waals surface area (Å²) >= 11 is 0. The maximum atomic E-state index is 15.3. The summed E-state index contributed by atoms with van der Waals surface area (Å²) < 4.78 is 28.8. The molecule has 14 heteroatoms. The Balaban J connectivity index is 1.42. The molecular weight excluding hydrogens is 783 g/mol. The quantitative estimate of drug-likeness (QED) is 0.162. The fraction of sp³-hybridized carbons (Fsp3) is 0.383. The van der Waals surface area contributed by atoms with Gasteiger partial charge in [-0.15, -0.1) is 0 Å². The first-order chi connectivity index (χ1) is 29.0. The van der Waals surface area contributed by atoms with Gasteiger partial charge in [0.25, 0.3) is 23.6 Å². The molecule has 4 aromatic rings. The third kappa shape index (κ3) is 7.27. The Morgan fingerprint density at radius 2 is 1.10 bits per heavy atom. The van der Waals surface area contributed by atoms with Crippen LogP contribution < -0.4 is 34.0 Å². The van der Waals surface area contributed by atoms with Crippen LogP contribution in [-0.2, 0) is 25.1 Å². The molecule has 8 bridgehead atoms. The smallest absolute Gasteiger partial charge is 0.332 e. The molecule has 7 aliphatic heterocycles. The zero-order valence-corrected chi connectivity index (χ0v) is 35.4. The number of imide groups is 2. The highest BCUT2D eigenvalue weighted by molar-refractivity contribution is 6.44. The lowest BCUT2D eigenvalue weighted by molar-refractivity contribution is -0.357. The number of benzene rings is 4. The molecule has 11 rings (SSSR count). The molecular formula is C47H48N3O11-. The number of amides is 4. The highest BCUT2D eigenvalue weighted by Gasteiger charge is 2.46. The Bertz CT molecular complexity index is 2560. The van der Waals surface area contributed by atoms with Gasteiger partial charge in [0.15, 0.2) is 0 Å². The van der Waals surface area contributed by atoms with Gasteiger partial charge in [-0.05, 0) is 78.1 Å². The summed E-state index contributed by atoms with van der Waals surface area (Å²) in [7, 11) is 0. The third-order valence-corrected chi connectivity index (χ3v) is 11.3. The van der Waals surface area contributed by atoms with Crippen molar-refractivity contribution in [3.63, 3.8) is 0 Å². The first-order valence-electron chi connectivity index (χ1n) is 20.6. The Hall–Kier alpha value is -6.57. The lowest BCUT2D eigenvalue weighted by Crippen LogP contribution is -2.45. The number of ether oxygens (including phenoxy) is 5. The van der Waals surface area contributed by atoms with Gasteiger partial charge in [-0.3, -0.25) is 19.2 Å². The summed E-state index contributed by atoms with van der Waals surface area (Å²) in [5, 5.41) is 12.9. The monoisotopic (exact) mass is 830 g/mol. The maximum Gasteiger partial charge on any atom is 0.332 e. The van der Waals surface area contributed by atoms with Gasteiger partial charge in [0.1, 0.15) is 30.5 Å². The molecule has 0 unspecified atom stereocenters. The van der Waals surface area contributed by atoms with Crippen molar-refractivity contribution >= 4 is 57.4 Å². The van der Waals surface area contributed by atoms with Crippen molar-refractivity contribution in [1.29, 1.82) is 0 Å². The van der Waals surface area contributed by atoms with Crippen LogP contribution in [0.2, 0.25) is 0 Å². The van der Waals surface area contributed by atoms with Crippen LogP contribution in [0.1, 0.15) is 114 Å². The van der Waals surface area contributed by atoms with Crippen LogP contribution in [0.15, 0.2) is 60.6 Å². The highest BCUT2D eigenvalue weighted by Crippen LogP contribution is 2.50. The van der Waals surface area contributed by atoms with Crippen LogP contribution in [0.4, 0.5) is 17.1 Å². The summed E-state index contributed by atoms with van der Waals surface area (Å²) in [6.07, 6.45) is 2.34. The van der Waals surface area contributed by atoms with Gasteiger partial charge in [-0.1, -0.05) is 53.7 Å². The van der Waals surface area contributed by atoms with Crippen LogP contribution in [0, 0.1) is 0 Å². The zero-order chi connectivity index (χ0) is 43.5.